The minimum atomic E-state index is -3.53. The quantitative estimate of drug-likeness (QED) is 0.380. The summed E-state index contributed by atoms with van der Waals surface area (Å²) in [5.74, 6) is 0.0884. The molecule has 0 aromatic heterocycles. The van der Waals surface area contributed by atoms with Crippen molar-refractivity contribution in [1.29, 1.82) is 5.26 Å². The summed E-state index contributed by atoms with van der Waals surface area (Å²) in [6, 6.07) is 23.1. The average Bonchev–Trinajstić information content (AvgIpc) is 2.89. The lowest BCUT2D eigenvalue weighted by atomic mass is 10.0. The van der Waals surface area contributed by atoms with E-state index in [1.807, 2.05) is 24.3 Å². The van der Waals surface area contributed by atoms with Crippen molar-refractivity contribution >= 4 is 16.0 Å². The van der Waals surface area contributed by atoms with E-state index in [-0.39, 0.29) is 17.3 Å². The normalized spacial score (nSPS) is 14.3. The van der Waals surface area contributed by atoms with Crippen LogP contribution in [0.4, 0.5) is 0 Å². The van der Waals surface area contributed by atoms with Gasteiger partial charge >= 0.3 is 5.97 Å². The molecule has 1 aliphatic rings. The van der Waals surface area contributed by atoms with Gasteiger partial charge in [0.2, 0.25) is 10.0 Å². The van der Waals surface area contributed by atoms with Crippen molar-refractivity contribution in [3.63, 3.8) is 0 Å². The number of ether oxygens (including phenoxy) is 2. The minimum Gasteiger partial charge on any atom is -0.427 e. The fourth-order valence-corrected chi connectivity index (χ4v) is 5.05. The largest absolute Gasteiger partial charge is 0.427 e. The topological polar surface area (TPSA) is 96.7 Å². The molecule has 3 aromatic carbocycles. The average molecular weight is 477 g/mol. The Kier molecular flexibility index (Phi) is 7.38. The number of rotatable bonds is 7. The van der Waals surface area contributed by atoms with E-state index in [1.54, 1.807) is 48.5 Å². The first-order valence-corrected chi connectivity index (χ1v) is 12.4. The van der Waals surface area contributed by atoms with Crippen LogP contribution in [0.5, 0.6) is 5.75 Å². The zero-order chi connectivity index (χ0) is 24.0. The Morgan fingerprint density at radius 2 is 1.50 bits per heavy atom. The third-order valence-electron chi connectivity index (χ3n) is 5.58. The highest BCUT2D eigenvalue weighted by Crippen LogP contribution is 2.23. The van der Waals surface area contributed by atoms with Crippen LogP contribution in [0.3, 0.4) is 0 Å². The van der Waals surface area contributed by atoms with Crippen molar-refractivity contribution in [3.8, 4) is 22.9 Å². The number of sulfonamides is 1. The van der Waals surface area contributed by atoms with Crippen molar-refractivity contribution in [2.24, 2.45) is 0 Å². The number of nitrogens with zero attached hydrogens (tertiary/aromatic N) is 2. The van der Waals surface area contributed by atoms with Crippen LogP contribution >= 0.6 is 0 Å². The van der Waals surface area contributed by atoms with Gasteiger partial charge in [0.15, 0.2) is 0 Å². The molecule has 174 valence electrons. The van der Waals surface area contributed by atoms with Gasteiger partial charge in [0, 0.05) is 19.5 Å². The number of morpholine rings is 1. The van der Waals surface area contributed by atoms with Gasteiger partial charge in [0.1, 0.15) is 5.75 Å². The van der Waals surface area contributed by atoms with E-state index in [1.165, 1.54) is 4.31 Å². The standard InChI is InChI=1S/C26H24N2O5S/c27-19-21-1-6-22(7-2-21)23-8-10-24(11-9-23)33-26(29)14-5-20-3-12-25(13-4-20)34(30,31)28-15-17-32-18-16-28/h1-4,6-13H,5,14-18H2. The molecular weight excluding hydrogens is 452 g/mol. The zero-order valence-electron chi connectivity index (χ0n) is 18.5. The zero-order valence-corrected chi connectivity index (χ0v) is 19.3. The van der Waals surface area contributed by atoms with Crippen LogP contribution in [0.25, 0.3) is 11.1 Å². The van der Waals surface area contributed by atoms with Gasteiger partial charge in [-0.3, -0.25) is 4.79 Å². The number of aryl methyl sites for hydroxylation is 1. The number of nitriles is 1. The Labute approximate surface area is 199 Å². The van der Waals surface area contributed by atoms with Gasteiger partial charge < -0.3 is 9.47 Å². The van der Waals surface area contributed by atoms with Gasteiger partial charge in [-0.2, -0.15) is 9.57 Å². The summed E-state index contributed by atoms with van der Waals surface area (Å²) in [6.45, 7) is 1.50. The van der Waals surface area contributed by atoms with E-state index < -0.39 is 10.0 Å². The number of carbonyl (C=O) groups excluding carboxylic acids is 1. The van der Waals surface area contributed by atoms with Crippen molar-refractivity contribution in [3.05, 3.63) is 83.9 Å². The molecule has 0 spiro atoms. The van der Waals surface area contributed by atoms with Gasteiger partial charge in [-0.05, 0) is 59.5 Å². The second-order valence-electron chi connectivity index (χ2n) is 7.85. The van der Waals surface area contributed by atoms with Crippen LogP contribution < -0.4 is 4.74 Å². The Bertz CT molecular complexity index is 1270. The second-order valence-corrected chi connectivity index (χ2v) is 9.79. The Morgan fingerprint density at radius 3 is 2.09 bits per heavy atom. The predicted molar refractivity (Wildman–Crippen MR) is 127 cm³/mol. The first kappa shape index (κ1) is 23.6. The van der Waals surface area contributed by atoms with Crippen molar-refractivity contribution in [2.45, 2.75) is 17.7 Å². The molecule has 1 saturated heterocycles. The molecule has 34 heavy (non-hydrogen) atoms. The number of carbonyl (C=O) groups is 1. The van der Waals surface area contributed by atoms with Crippen LogP contribution in [-0.4, -0.2) is 45.0 Å². The molecule has 3 aromatic rings. The molecule has 1 heterocycles. The Balaban J connectivity index is 1.30. The summed E-state index contributed by atoms with van der Waals surface area (Å²) in [6.07, 6.45) is 0.618. The van der Waals surface area contributed by atoms with E-state index in [9.17, 15) is 13.2 Å². The van der Waals surface area contributed by atoms with Gasteiger partial charge in [0.05, 0.1) is 29.7 Å². The maximum absolute atomic E-state index is 12.7. The summed E-state index contributed by atoms with van der Waals surface area (Å²) >= 11 is 0. The summed E-state index contributed by atoms with van der Waals surface area (Å²) in [4.78, 5) is 12.5. The molecule has 0 N–H and O–H groups in total. The molecular formula is C26H24N2O5S. The van der Waals surface area contributed by atoms with Crippen LogP contribution in [0.2, 0.25) is 0 Å². The predicted octanol–water partition coefficient (Wildman–Crippen LogP) is 3.78. The number of hydrogen-bond acceptors (Lipinski definition) is 6. The highest BCUT2D eigenvalue weighted by atomic mass is 32.2. The molecule has 7 nitrogen and oxygen atoms in total. The lowest BCUT2D eigenvalue weighted by Crippen LogP contribution is -2.40. The van der Waals surface area contributed by atoms with Crippen molar-refractivity contribution in [2.75, 3.05) is 26.3 Å². The first-order chi connectivity index (χ1) is 16.5. The highest BCUT2D eigenvalue weighted by molar-refractivity contribution is 7.89. The van der Waals surface area contributed by atoms with Crippen LogP contribution in [0, 0.1) is 11.3 Å². The molecule has 0 unspecified atom stereocenters. The molecule has 1 aliphatic heterocycles. The first-order valence-electron chi connectivity index (χ1n) is 10.9. The molecule has 0 radical (unpaired) electrons. The lowest BCUT2D eigenvalue weighted by Gasteiger charge is -2.26. The smallest absolute Gasteiger partial charge is 0.311 e. The SMILES string of the molecule is N#Cc1ccc(-c2ccc(OC(=O)CCc3ccc(S(=O)(=O)N4CCOCC4)cc3)cc2)cc1. The third-order valence-corrected chi connectivity index (χ3v) is 7.50. The summed E-state index contributed by atoms with van der Waals surface area (Å²) in [7, 11) is -3.53. The molecule has 0 saturated carbocycles. The third kappa shape index (κ3) is 5.69. The number of benzene rings is 3. The fraction of sp³-hybridized carbons (Fsp3) is 0.231. The van der Waals surface area contributed by atoms with E-state index in [2.05, 4.69) is 6.07 Å². The fourth-order valence-electron chi connectivity index (χ4n) is 3.65. The minimum absolute atomic E-state index is 0.174. The monoisotopic (exact) mass is 476 g/mol. The Hall–Kier alpha value is -3.51. The maximum Gasteiger partial charge on any atom is 0.311 e. The van der Waals surface area contributed by atoms with Crippen LogP contribution in [0.1, 0.15) is 17.5 Å². The Morgan fingerprint density at radius 1 is 0.912 bits per heavy atom. The molecule has 0 atom stereocenters. The van der Waals surface area contributed by atoms with Crippen LogP contribution in [0.15, 0.2) is 77.7 Å². The van der Waals surface area contributed by atoms with Gasteiger partial charge in [-0.1, -0.05) is 36.4 Å². The van der Waals surface area contributed by atoms with E-state index >= 15 is 0 Å². The second kappa shape index (κ2) is 10.6. The van der Waals surface area contributed by atoms with E-state index in [0.717, 1.165) is 16.7 Å². The molecule has 0 amide bonds. The van der Waals surface area contributed by atoms with Crippen molar-refractivity contribution in [1.82, 2.24) is 4.31 Å². The molecule has 4 rings (SSSR count). The summed E-state index contributed by atoms with van der Waals surface area (Å²) < 4.78 is 37.5. The summed E-state index contributed by atoms with van der Waals surface area (Å²) in [5.41, 5.74) is 3.38. The van der Waals surface area contributed by atoms with Crippen molar-refractivity contribution < 1.29 is 22.7 Å². The van der Waals surface area contributed by atoms with Gasteiger partial charge in [0.25, 0.3) is 0 Å². The molecule has 0 aliphatic carbocycles. The lowest BCUT2D eigenvalue weighted by molar-refractivity contribution is -0.134. The van der Waals surface area contributed by atoms with Crippen LogP contribution in [-0.2, 0) is 26.0 Å². The highest BCUT2D eigenvalue weighted by Gasteiger charge is 2.26. The van der Waals surface area contributed by atoms with Gasteiger partial charge in [-0.25, -0.2) is 8.42 Å². The molecule has 0 bridgehead atoms. The van der Waals surface area contributed by atoms with E-state index in [4.69, 9.17) is 14.7 Å². The van der Waals surface area contributed by atoms with E-state index in [0.29, 0.717) is 44.0 Å². The summed E-state index contributed by atoms with van der Waals surface area (Å²) in [5, 5.41) is 8.90. The number of esters is 1. The molecule has 1 fully saturated rings. The number of hydrogen-bond donors (Lipinski definition) is 0. The van der Waals surface area contributed by atoms with Gasteiger partial charge in [-0.15, -0.1) is 0 Å². The maximum atomic E-state index is 12.7. The molecule has 8 heteroatoms.